The lowest BCUT2D eigenvalue weighted by Gasteiger charge is -2.17. The number of thiazole rings is 1. The molecule has 6 aromatic rings. The number of carbonyl (C=O) groups excluding carboxylic acids is 3. The first-order chi connectivity index (χ1) is 26.2. The third kappa shape index (κ3) is 9.24. The van der Waals surface area contributed by atoms with E-state index in [0.29, 0.717) is 33.4 Å². The molecule has 0 saturated carbocycles. The molecule has 1 heterocycles. The third-order valence-corrected chi connectivity index (χ3v) is 10.4. The van der Waals surface area contributed by atoms with E-state index in [-0.39, 0.29) is 11.6 Å². The van der Waals surface area contributed by atoms with Crippen LogP contribution in [-0.2, 0) is 9.59 Å². The maximum atomic E-state index is 14.0. The molecule has 0 aliphatic carbocycles. The van der Waals surface area contributed by atoms with Crippen LogP contribution < -0.4 is 25.4 Å². The molecule has 0 aliphatic heterocycles. The Hall–Kier alpha value is -6.17. The number of hydrogen-bond donors (Lipinski definition) is 3. The highest BCUT2D eigenvalue weighted by atomic mass is 32.2. The molecule has 6 rings (SSSR count). The molecule has 0 aliphatic rings. The molecule has 272 valence electrons. The quantitative estimate of drug-likeness (QED) is 0.0795. The zero-order chi connectivity index (χ0) is 38.0. The zero-order valence-corrected chi connectivity index (χ0v) is 31.7. The molecule has 0 radical (unpaired) electrons. The summed E-state index contributed by atoms with van der Waals surface area (Å²) in [7, 11) is 3.03. The SMILES string of the molecule is COc1cccc(/C=C(/NC(=O)c2ccccc2)C(=O)Nc2cccc(SC(C(=O)Nc3nc(-c4ccc(C)cc4)c(C)s3)c3ccccc3)c2)c1OC. The number of aryl methyl sites for hydroxylation is 2. The van der Waals surface area contributed by atoms with E-state index in [1.54, 1.807) is 66.7 Å². The molecule has 1 atom stereocenters. The summed E-state index contributed by atoms with van der Waals surface area (Å²) >= 11 is 2.78. The minimum absolute atomic E-state index is 0.0150. The first-order valence-electron chi connectivity index (χ1n) is 17.0. The van der Waals surface area contributed by atoms with Gasteiger partial charge in [0, 0.05) is 32.2 Å². The zero-order valence-electron chi connectivity index (χ0n) is 30.1. The number of nitrogens with one attached hydrogen (secondary N) is 3. The number of nitrogens with zero attached hydrogens (tertiary/aromatic N) is 1. The van der Waals surface area contributed by atoms with Crippen molar-refractivity contribution in [1.82, 2.24) is 10.3 Å². The van der Waals surface area contributed by atoms with Gasteiger partial charge in [0.2, 0.25) is 5.91 Å². The van der Waals surface area contributed by atoms with Crippen LogP contribution in [0.1, 0.15) is 37.2 Å². The van der Waals surface area contributed by atoms with Gasteiger partial charge in [-0.1, -0.05) is 96.6 Å². The topological polar surface area (TPSA) is 119 Å². The van der Waals surface area contributed by atoms with Gasteiger partial charge < -0.3 is 25.4 Å². The molecule has 54 heavy (non-hydrogen) atoms. The van der Waals surface area contributed by atoms with Crippen LogP contribution in [0.2, 0.25) is 0 Å². The fraction of sp³-hybridized carbons (Fsp3) is 0.116. The summed E-state index contributed by atoms with van der Waals surface area (Å²) in [6, 6.07) is 38.7. The second-order valence-corrected chi connectivity index (χ2v) is 14.5. The Morgan fingerprint density at radius 3 is 2.19 bits per heavy atom. The van der Waals surface area contributed by atoms with Crippen molar-refractivity contribution in [3.63, 3.8) is 0 Å². The summed E-state index contributed by atoms with van der Waals surface area (Å²) in [5.41, 5.74) is 5.15. The van der Waals surface area contributed by atoms with Crippen molar-refractivity contribution < 1.29 is 23.9 Å². The summed E-state index contributed by atoms with van der Waals surface area (Å²) in [4.78, 5) is 47.6. The van der Waals surface area contributed by atoms with Crippen LogP contribution in [0.15, 0.2) is 138 Å². The van der Waals surface area contributed by atoms with Gasteiger partial charge in [0.25, 0.3) is 11.8 Å². The lowest BCUT2D eigenvalue weighted by atomic mass is 10.1. The maximum Gasteiger partial charge on any atom is 0.272 e. The highest BCUT2D eigenvalue weighted by Gasteiger charge is 2.25. The van der Waals surface area contributed by atoms with Crippen molar-refractivity contribution in [2.24, 2.45) is 0 Å². The number of para-hydroxylation sites is 1. The van der Waals surface area contributed by atoms with Crippen molar-refractivity contribution >= 4 is 57.7 Å². The second-order valence-electron chi connectivity index (χ2n) is 12.1. The van der Waals surface area contributed by atoms with Gasteiger partial charge in [-0.15, -0.1) is 23.1 Å². The lowest BCUT2D eigenvalue weighted by Crippen LogP contribution is -2.30. The molecule has 5 aromatic carbocycles. The van der Waals surface area contributed by atoms with E-state index in [0.717, 1.165) is 32.2 Å². The van der Waals surface area contributed by atoms with E-state index in [2.05, 4.69) is 16.0 Å². The van der Waals surface area contributed by atoms with E-state index in [1.165, 1.54) is 43.4 Å². The van der Waals surface area contributed by atoms with E-state index in [4.69, 9.17) is 14.5 Å². The number of thioether (sulfide) groups is 1. The Morgan fingerprint density at radius 1 is 0.778 bits per heavy atom. The number of hydrogen-bond acceptors (Lipinski definition) is 8. The van der Waals surface area contributed by atoms with Gasteiger partial charge in [-0.05, 0) is 61.9 Å². The summed E-state index contributed by atoms with van der Waals surface area (Å²) in [5, 5.41) is 8.61. The van der Waals surface area contributed by atoms with Crippen LogP contribution in [-0.4, -0.2) is 36.9 Å². The monoisotopic (exact) mass is 754 g/mol. The second kappa shape index (κ2) is 17.6. The highest BCUT2D eigenvalue weighted by Crippen LogP contribution is 2.39. The Kier molecular flexibility index (Phi) is 12.2. The smallest absolute Gasteiger partial charge is 0.272 e. The summed E-state index contributed by atoms with van der Waals surface area (Å²) in [5.74, 6) is -0.375. The number of ether oxygens (including phenoxy) is 2. The molecular formula is C43H38N4O5S2. The fourth-order valence-corrected chi connectivity index (χ4v) is 7.53. The van der Waals surface area contributed by atoms with Gasteiger partial charge in [-0.2, -0.15) is 0 Å². The molecule has 9 nitrogen and oxygen atoms in total. The van der Waals surface area contributed by atoms with Crippen LogP contribution >= 0.6 is 23.1 Å². The van der Waals surface area contributed by atoms with E-state index < -0.39 is 17.1 Å². The van der Waals surface area contributed by atoms with Gasteiger partial charge in [0.1, 0.15) is 10.9 Å². The molecule has 0 fully saturated rings. The van der Waals surface area contributed by atoms with Crippen molar-refractivity contribution in [1.29, 1.82) is 0 Å². The predicted molar refractivity (Wildman–Crippen MR) is 217 cm³/mol. The molecule has 3 N–H and O–H groups in total. The maximum absolute atomic E-state index is 14.0. The normalized spacial score (nSPS) is 11.7. The number of benzene rings is 5. The highest BCUT2D eigenvalue weighted by molar-refractivity contribution is 8.00. The summed E-state index contributed by atoms with van der Waals surface area (Å²) < 4.78 is 11.0. The molecule has 0 saturated heterocycles. The molecule has 3 amide bonds. The largest absolute Gasteiger partial charge is 0.493 e. The van der Waals surface area contributed by atoms with Gasteiger partial charge in [-0.3, -0.25) is 14.4 Å². The summed E-state index contributed by atoms with van der Waals surface area (Å²) in [6.45, 7) is 4.03. The average molecular weight is 755 g/mol. The summed E-state index contributed by atoms with van der Waals surface area (Å²) in [6.07, 6.45) is 1.54. The minimum Gasteiger partial charge on any atom is -0.493 e. The van der Waals surface area contributed by atoms with Crippen molar-refractivity contribution in [3.05, 3.63) is 160 Å². The van der Waals surface area contributed by atoms with Crippen LogP contribution in [0, 0.1) is 13.8 Å². The average Bonchev–Trinajstić information content (AvgIpc) is 3.56. The number of aromatic nitrogens is 1. The third-order valence-electron chi connectivity index (χ3n) is 8.30. The molecule has 0 spiro atoms. The Balaban J connectivity index is 1.25. The van der Waals surface area contributed by atoms with Gasteiger partial charge in [0.15, 0.2) is 16.6 Å². The number of rotatable bonds is 13. The van der Waals surface area contributed by atoms with Gasteiger partial charge in [-0.25, -0.2) is 4.98 Å². The van der Waals surface area contributed by atoms with Crippen molar-refractivity contribution in [2.75, 3.05) is 24.9 Å². The first-order valence-corrected chi connectivity index (χ1v) is 18.7. The minimum atomic E-state index is -0.634. The molecular weight excluding hydrogens is 717 g/mol. The Morgan fingerprint density at radius 2 is 1.48 bits per heavy atom. The Bertz CT molecular complexity index is 2290. The fourth-order valence-electron chi connectivity index (χ4n) is 5.61. The number of carbonyl (C=O) groups is 3. The van der Waals surface area contributed by atoms with E-state index >= 15 is 0 Å². The van der Waals surface area contributed by atoms with Gasteiger partial charge in [0.05, 0.1) is 19.9 Å². The molecule has 11 heteroatoms. The Labute approximate surface area is 322 Å². The van der Waals surface area contributed by atoms with Crippen LogP contribution in [0.25, 0.3) is 17.3 Å². The number of amides is 3. The van der Waals surface area contributed by atoms with Crippen molar-refractivity contribution in [2.45, 2.75) is 24.0 Å². The number of anilines is 2. The van der Waals surface area contributed by atoms with Crippen molar-refractivity contribution in [3.8, 4) is 22.8 Å². The van der Waals surface area contributed by atoms with Crippen LogP contribution in [0.5, 0.6) is 11.5 Å². The number of methoxy groups -OCH3 is 2. The van der Waals surface area contributed by atoms with Crippen LogP contribution in [0.3, 0.4) is 0 Å². The predicted octanol–water partition coefficient (Wildman–Crippen LogP) is 9.33. The first kappa shape index (κ1) is 37.6. The molecule has 1 unspecified atom stereocenters. The standard InChI is InChI=1S/C43H38N4O5S2/c1-27-21-23-29(24-22-27)37-28(2)53-43(46-37)47-42(50)39(30-13-7-5-8-14-30)54-34-19-12-18-33(26-34)44-41(49)35(45-40(48)31-15-9-6-10-16-31)25-32-17-11-20-36(51-3)38(32)52-4/h5-26,39H,1-4H3,(H,44,49)(H,45,48)(H,46,47,50)/b35-25+. The lowest BCUT2D eigenvalue weighted by molar-refractivity contribution is -0.116. The molecule has 1 aromatic heterocycles. The molecule has 0 bridgehead atoms. The van der Waals surface area contributed by atoms with E-state index in [9.17, 15) is 14.4 Å². The van der Waals surface area contributed by atoms with Crippen LogP contribution in [0.4, 0.5) is 10.8 Å². The van der Waals surface area contributed by atoms with Gasteiger partial charge >= 0.3 is 0 Å². The van der Waals surface area contributed by atoms with E-state index in [1.807, 2.05) is 74.5 Å².